The van der Waals surface area contributed by atoms with Gasteiger partial charge in [-0.2, -0.15) is 22.2 Å². The third-order valence-electron chi connectivity index (χ3n) is 1.66. The lowest BCUT2D eigenvalue weighted by Crippen LogP contribution is -2.47. The van der Waals surface area contributed by atoms with Crippen molar-refractivity contribution in [3.8, 4) is 0 Å². The fraction of sp³-hybridized carbons (Fsp3) is 0.857. The fourth-order valence-electron chi connectivity index (χ4n) is 1.97. The molecule has 0 N–H and O–H groups in total. The maximum Gasteiger partial charge on any atom is 0.175 e. The smallest absolute Gasteiger partial charge is 0.162 e. The van der Waals surface area contributed by atoms with E-state index < -0.39 is 21.0 Å². The van der Waals surface area contributed by atoms with Crippen LogP contribution >= 0.6 is 39.6 Å². The molecule has 0 radical (unpaired) electrons. The second kappa shape index (κ2) is 4.23. The molecular weight excluding hydrogens is 278 g/mol. The number of hydrogen-bond acceptors (Lipinski definition) is 0. The van der Waals surface area contributed by atoms with Crippen LogP contribution in [0.3, 0.4) is 0 Å². The van der Waals surface area contributed by atoms with Crippen LogP contribution in [0, 0.1) is 0 Å². The Morgan fingerprint density at radius 3 is 1.15 bits per heavy atom. The van der Waals surface area contributed by atoms with Gasteiger partial charge < -0.3 is 0 Å². The highest BCUT2D eigenvalue weighted by molar-refractivity contribution is 8.05. The van der Waals surface area contributed by atoms with Crippen molar-refractivity contribution in [3.63, 3.8) is 0 Å². The van der Waals surface area contributed by atoms with Crippen molar-refractivity contribution in [1.29, 1.82) is 0 Å². The third-order valence-corrected chi connectivity index (χ3v) is 19.7. The van der Waals surface area contributed by atoms with Gasteiger partial charge in [-0.15, -0.1) is 0 Å². The highest BCUT2D eigenvalue weighted by atomic mass is 35.7. The van der Waals surface area contributed by atoms with E-state index in [1.807, 2.05) is 0 Å². The van der Waals surface area contributed by atoms with Gasteiger partial charge in [0.2, 0.25) is 0 Å². The SMILES string of the molecule is C[Si](C)(Cl)C([Si](C)(C)Cl)=P(C)(C)Cl. The van der Waals surface area contributed by atoms with E-state index in [0.717, 1.165) is 0 Å². The molecule has 0 fully saturated rings. The summed E-state index contributed by atoms with van der Waals surface area (Å²) in [7, 11) is -3.64. The number of rotatable bonds is 2. The molecule has 0 nitrogen and oxygen atoms in total. The number of halogens is 3. The van der Waals surface area contributed by atoms with E-state index in [9.17, 15) is 0 Å². The van der Waals surface area contributed by atoms with Crippen molar-refractivity contribution in [2.75, 3.05) is 13.3 Å². The van der Waals surface area contributed by atoms with E-state index in [1.54, 1.807) is 0 Å². The van der Waals surface area contributed by atoms with Crippen molar-refractivity contribution in [2.45, 2.75) is 26.2 Å². The molecule has 13 heavy (non-hydrogen) atoms. The Hall–Kier alpha value is 1.60. The van der Waals surface area contributed by atoms with Gasteiger partial charge in [0.25, 0.3) is 0 Å². The maximum absolute atomic E-state index is 6.46. The van der Waals surface area contributed by atoms with E-state index in [4.69, 9.17) is 33.4 Å². The molecule has 0 aliphatic rings. The van der Waals surface area contributed by atoms with Gasteiger partial charge in [0, 0.05) is 0 Å². The van der Waals surface area contributed by atoms with Crippen LogP contribution in [-0.4, -0.2) is 32.6 Å². The zero-order valence-electron chi connectivity index (χ0n) is 9.08. The first-order valence-corrected chi connectivity index (χ1v) is 15.8. The summed E-state index contributed by atoms with van der Waals surface area (Å²) in [5, 5.41) is 0. The second-order valence-corrected chi connectivity index (χ2v) is 24.1. The van der Waals surface area contributed by atoms with Gasteiger partial charge in [-0.1, -0.05) is 37.4 Å². The summed E-state index contributed by atoms with van der Waals surface area (Å²) >= 11 is 19.4. The minimum absolute atomic E-state index is 1.33. The Balaban J connectivity index is 5.56. The molecular formula is C7H18Cl3PSi2. The first kappa shape index (κ1) is 14.6. The van der Waals surface area contributed by atoms with Crippen LogP contribution in [0.1, 0.15) is 0 Å². The molecule has 0 unspecified atom stereocenters. The average molecular weight is 296 g/mol. The van der Waals surface area contributed by atoms with E-state index in [-0.39, 0.29) is 0 Å². The van der Waals surface area contributed by atoms with Gasteiger partial charge in [-0.25, -0.2) is 0 Å². The van der Waals surface area contributed by atoms with Crippen LogP contribution in [0.25, 0.3) is 0 Å². The topological polar surface area (TPSA) is 0 Å². The van der Waals surface area contributed by atoms with Crippen LogP contribution in [0.2, 0.25) is 26.2 Å². The summed E-state index contributed by atoms with van der Waals surface area (Å²) in [6.07, 6.45) is -1.52. The largest absolute Gasteiger partial charge is 0.175 e. The van der Waals surface area contributed by atoms with Gasteiger partial charge >= 0.3 is 0 Å². The van der Waals surface area contributed by atoms with Gasteiger partial charge in [-0.05, 0) is 24.1 Å². The quantitative estimate of drug-likeness (QED) is 0.398. The summed E-state index contributed by atoms with van der Waals surface area (Å²) in [6.45, 7) is 12.7. The third kappa shape index (κ3) is 4.77. The standard InChI is InChI=1S/C7H18Cl3PSi2/c1-11(2,8)7(12(3,4)9)13(5,6)10/h1-6H3. The predicted octanol–water partition coefficient (Wildman–Crippen LogP) is 4.56. The Labute approximate surface area is 98.1 Å². The second-order valence-electron chi connectivity index (χ2n) is 4.61. The minimum Gasteiger partial charge on any atom is -0.162 e. The van der Waals surface area contributed by atoms with E-state index >= 15 is 0 Å². The molecule has 0 aliphatic heterocycles. The first-order valence-electron chi connectivity index (χ1n) is 4.17. The molecule has 0 aromatic heterocycles. The first-order chi connectivity index (χ1) is 5.37. The molecule has 0 amide bonds. The molecule has 6 heteroatoms. The normalized spacial score (nSPS) is 14.5. The molecule has 0 heterocycles. The summed E-state index contributed by atoms with van der Waals surface area (Å²) in [4.78, 5) is 0. The van der Waals surface area contributed by atoms with E-state index in [0.29, 0.717) is 0 Å². The van der Waals surface area contributed by atoms with Crippen molar-refractivity contribution < 1.29 is 0 Å². The summed E-state index contributed by atoms with van der Waals surface area (Å²) in [6, 6.07) is 0. The molecule has 0 spiro atoms. The molecule has 0 aromatic carbocycles. The van der Waals surface area contributed by atoms with Crippen molar-refractivity contribution >= 4 is 58.9 Å². The zero-order valence-corrected chi connectivity index (χ0v) is 14.2. The molecule has 0 saturated carbocycles. The Morgan fingerprint density at radius 1 is 0.923 bits per heavy atom. The zero-order chi connectivity index (χ0) is 11.1. The fourth-order valence-corrected chi connectivity index (χ4v) is 30.8. The lowest BCUT2D eigenvalue weighted by atomic mass is 11.7. The van der Waals surface area contributed by atoms with E-state index in [1.165, 1.54) is 4.54 Å². The van der Waals surface area contributed by atoms with Crippen molar-refractivity contribution in [1.82, 2.24) is 0 Å². The van der Waals surface area contributed by atoms with Crippen LogP contribution in [-0.2, 0) is 0 Å². The highest BCUT2D eigenvalue weighted by Gasteiger charge is 2.39. The summed E-state index contributed by atoms with van der Waals surface area (Å²) in [5.41, 5.74) is 0. The monoisotopic (exact) mass is 294 g/mol. The molecule has 80 valence electrons. The van der Waals surface area contributed by atoms with Crippen LogP contribution < -0.4 is 0 Å². The maximum atomic E-state index is 6.46. The Bertz CT molecular complexity index is 219. The minimum atomic E-state index is -1.82. The van der Waals surface area contributed by atoms with Crippen LogP contribution in [0.5, 0.6) is 0 Å². The number of hydrogen-bond donors (Lipinski definition) is 0. The molecule has 0 aromatic rings. The lowest BCUT2D eigenvalue weighted by Gasteiger charge is -2.32. The van der Waals surface area contributed by atoms with Crippen LogP contribution in [0.15, 0.2) is 0 Å². The molecule has 0 saturated heterocycles. The Morgan fingerprint density at radius 2 is 1.15 bits per heavy atom. The highest BCUT2D eigenvalue weighted by Crippen LogP contribution is 2.51. The van der Waals surface area contributed by atoms with Gasteiger partial charge in [0.15, 0.2) is 14.8 Å². The Kier molecular flexibility index (Phi) is 4.75. The van der Waals surface area contributed by atoms with Gasteiger partial charge in [-0.3, -0.25) is 0 Å². The van der Waals surface area contributed by atoms with E-state index in [2.05, 4.69) is 39.5 Å². The van der Waals surface area contributed by atoms with Crippen LogP contribution in [0.4, 0.5) is 0 Å². The van der Waals surface area contributed by atoms with Crippen molar-refractivity contribution in [3.05, 3.63) is 0 Å². The molecule has 0 aliphatic carbocycles. The summed E-state index contributed by atoms with van der Waals surface area (Å²) in [5.74, 6) is 0. The van der Waals surface area contributed by atoms with Gasteiger partial charge in [0.1, 0.15) is 0 Å². The van der Waals surface area contributed by atoms with Gasteiger partial charge in [0.05, 0.1) is 0 Å². The lowest BCUT2D eigenvalue weighted by molar-refractivity contribution is 1.98. The van der Waals surface area contributed by atoms with Crippen molar-refractivity contribution in [2.24, 2.45) is 0 Å². The molecule has 0 rings (SSSR count). The molecule has 0 bridgehead atoms. The predicted molar refractivity (Wildman–Crippen MR) is 76.3 cm³/mol. The average Bonchev–Trinajstić information content (AvgIpc) is 1.44. The summed E-state index contributed by atoms with van der Waals surface area (Å²) < 4.78 is 1.33. The molecule has 0 atom stereocenters.